The van der Waals surface area contributed by atoms with Gasteiger partial charge in [0.05, 0.1) is 11.5 Å². The van der Waals surface area contributed by atoms with Crippen molar-refractivity contribution in [3.05, 3.63) is 0 Å². The first kappa shape index (κ1) is 12.4. The predicted molar refractivity (Wildman–Crippen MR) is 52.4 cm³/mol. The van der Waals surface area contributed by atoms with Gasteiger partial charge < -0.3 is 15.7 Å². The minimum atomic E-state index is -0.427. The van der Waals surface area contributed by atoms with Crippen LogP contribution < -0.4 is 10.6 Å². The number of carbonyl (C=O) groups excluding carboxylic acids is 1. The van der Waals surface area contributed by atoms with Crippen LogP contribution in [0.4, 0.5) is 0 Å². The van der Waals surface area contributed by atoms with Gasteiger partial charge in [0.2, 0.25) is 5.91 Å². The summed E-state index contributed by atoms with van der Waals surface area (Å²) in [5.41, 5.74) is -0.427. The maximum atomic E-state index is 11.3. The lowest BCUT2D eigenvalue weighted by Gasteiger charge is -2.23. The zero-order chi connectivity index (χ0) is 10.5. The Labute approximate surface area is 79.7 Å². The van der Waals surface area contributed by atoms with E-state index in [-0.39, 0.29) is 12.0 Å². The Balaban J connectivity index is 3.82. The molecule has 13 heavy (non-hydrogen) atoms. The molecule has 0 saturated carbocycles. The van der Waals surface area contributed by atoms with E-state index in [1.807, 2.05) is 13.8 Å². The van der Waals surface area contributed by atoms with Crippen LogP contribution in [0.3, 0.4) is 0 Å². The summed E-state index contributed by atoms with van der Waals surface area (Å²) in [6.45, 7) is 6.51. The molecule has 0 aliphatic heterocycles. The monoisotopic (exact) mass is 188 g/mol. The van der Waals surface area contributed by atoms with Crippen LogP contribution in [-0.4, -0.2) is 37.3 Å². The fourth-order valence-corrected chi connectivity index (χ4v) is 1.01. The van der Waals surface area contributed by atoms with Gasteiger partial charge >= 0.3 is 0 Å². The van der Waals surface area contributed by atoms with Crippen LogP contribution in [0.25, 0.3) is 0 Å². The van der Waals surface area contributed by atoms with Gasteiger partial charge in [0.15, 0.2) is 0 Å². The van der Waals surface area contributed by atoms with Gasteiger partial charge in [-0.1, -0.05) is 0 Å². The van der Waals surface area contributed by atoms with Crippen LogP contribution in [0.2, 0.25) is 0 Å². The summed E-state index contributed by atoms with van der Waals surface area (Å²) in [4.78, 5) is 11.3. The van der Waals surface area contributed by atoms with Crippen LogP contribution in [0.15, 0.2) is 0 Å². The third-order valence-corrected chi connectivity index (χ3v) is 1.85. The second-order valence-corrected chi connectivity index (χ2v) is 3.94. The van der Waals surface area contributed by atoms with E-state index in [9.17, 15) is 4.79 Å². The fourth-order valence-electron chi connectivity index (χ4n) is 1.01. The largest absolute Gasteiger partial charge is 0.392 e. The Morgan fingerprint density at radius 3 is 2.46 bits per heavy atom. The Kier molecular flexibility index (Phi) is 4.95. The first-order chi connectivity index (χ1) is 5.90. The van der Waals surface area contributed by atoms with E-state index in [1.165, 1.54) is 0 Å². The molecule has 0 aromatic heterocycles. The molecule has 0 fully saturated rings. The summed E-state index contributed by atoms with van der Waals surface area (Å²) in [5.74, 6) is 0.00518. The summed E-state index contributed by atoms with van der Waals surface area (Å²) in [7, 11) is 1.62. The summed E-state index contributed by atoms with van der Waals surface area (Å²) in [6, 6.07) is 0. The van der Waals surface area contributed by atoms with Crippen LogP contribution in [0.5, 0.6) is 0 Å². The average molecular weight is 188 g/mol. The highest BCUT2D eigenvalue weighted by molar-refractivity contribution is 5.81. The fraction of sp³-hybridized carbons (Fsp3) is 0.889. The van der Waals surface area contributed by atoms with E-state index in [0.717, 1.165) is 0 Å². The van der Waals surface area contributed by atoms with Crippen molar-refractivity contribution in [2.24, 2.45) is 5.41 Å². The van der Waals surface area contributed by atoms with E-state index in [1.54, 1.807) is 14.0 Å². The maximum Gasteiger partial charge on any atom is 0.226 e. The number of carbonyl (C=O) groups is 1. The molecule has 4 heteroatoms. The van der Waals surface area contributed by atoms with Crippen LogP contribution in [-0.2, 0) is 4.79 Å². The van der Waals surface area contributed by atoms with E-state index >= 15 is 0 Å². The number of nitrogens with one attached hydrogen (secondary N) is 2. The molecule has 0 aromatic carbocycles. The Bertz CT molecular complexity index is 167. The lowest BCUT2D eigenvalue weighted by atomic mass is 9.92. The second-order valence-electron chi connectivity index (χ2n) is 3.94. The predicted octanol–water partition coefficient (Wildman–Crippen LogP) is -0.271. The minimum Gasteiger partial charge on any atom is -0.392 e. The Morgan fingerprint density at radius 1 is 1.54 bits per heavy atom. The summed E-state index contributed by atoms with van der Waals surface area (Å²) < 4.78 is 0. The molecular weight excluding hydrogens is 168 g/mol. The highest BCUT2D eigenvalue weighted by Gasteiger charge is 2.25. The van der Waals surface area contributed by atoms with E-state index in [2.05, 4.69) is 10.6 Å². The van der Waals surface area contributed by atoms with Crippen LogP contribution in [0.1, 0.15) is 20.8 Å². The molecule has 0 rings (SSSR count). The number of aliphatic hydroxyl groups excluding tert-OH is 1. The van der Waals surface area contributed by atoms with Gasteiger partial charge in [-0.15, -0.1) is 0 Å². The van der Waals surface area contributed by atoms with E-state index in [0.29, 0.717) is 13.1 Å². The smallest absolute Gasteiger partial charge is 0.226 e. The summed E-state index contributed by atoms with van der Waals surface area (Å²) >= 11 is 0. The molecule has 0 aromatic rings. The molecule has 0 spiro atoms. The standard InChI is InChI=1S/C9H20N2O2/c1-7(12)5-11-6-9(2,3)8(13)10-4/h7,11-12H,5-6H2,1-4H3,(H,10,13)/t7-/m1/s1. The highest BCUT2D eigenvalue weighted by atomic mass is 16.3. The average Bonchev–Trinajstić information content (AvgIpc) is 2.01. The first-order valence-electron chi connectivity index (χ1n) is 4.51. The van der Waals surface area contributed by atoms with Crippen molar-refractivity contribution in [2.45, 2.75) is 26.9 Å². The minimum absolute atomic E-state index is 0.00518. The summed E-state index contributed by atoms with van der Waals surface area (Å²) in [6.07, 6.45) is -0.375. The van der Waals surface area contributed by atoms with E-state index in [4.69, 9.17) is 5.11 Å². The van der Waals surface area contributed by atoms with Gasteiger partial charge in [-0.05, 0) is 20.8 Å². The first-order valence-corrected chi connectivity index (χ1v) is 4.51. The topological polar surface area (TPSA) is 61.4 Å². The van der Waals surface area contributed by atoms with Crippen molar-refractivity contribution in [1.29, 1.82) is 0 Å². The Hall–Kier alpha value is -0.610. The number of hydrogen-bond donors (Lipinski definition) is 3. The van der Waals surface area contributed by atoms with Gasteiger partial charge in [0.25, 0.3) is 0 Å². The molecule has 0 aliphatic rings. The zero-order valence-electron chi connectivity index (χ0n) is 8.85. The molecular formula is C9H20N2O2. The molecule has 3 N–H and O–H groups in total. The number of rotatable bonds is 5. The molecule has 1 amide bonds. The van der Waals surface area contributed by atoms with Crippen molar-refractivity contribution in [1.82, 2.24) is 10.6 Å². The van der Waals surface area contributed by atoms with E-state index < -0.39 is 5.41 Å². The van der Waals surface area contributed by atoms with Gasteiger partial charge in [0.1, 0.15) is 0 Å². The van der Waals surface area contributed by atoms with Crippen molar-refractivity contribution in [3.8, 4) is 0 Å². The van der Waals surface area contributed by atoms with Crippen molar-refractivity contribution in [2.75, 3.05) is 20.1 Å². The zero-order valence-corrected chi connectivity index (χ0v) is 8.85. The lowest BCUT2D eigenvalue weighted by molar-refractivity contribution is -0.128. The SMILES string of the molecule is CNC(=O)C(C)(C)CNC[C@@H](C)O. The molecule has 0 unspecified atom stereocenters. The number of amides is 1. The normalized spacial score (nSPS) is 13.9. The molecule has 0 saturated heterocycles. The van der Waals surface area contributed by atoms with Gasteiger partial charge in [-0.25, -0.2) is 0 Å². The van der Waals surface area contributed by atoms with Gasteiger partial charge in [0, 0.05) is 20.1 Å². The molecule has 78 valence electrons. The van der Waals surface area contributed by atoms with Crippen molar-refractivity contribution < 1.29 is 9.90 Å². The highest BCUT2D eigenvalue weighted by Crippen LogP contribution is 2.12. The van der Waals surface area contributed by atoms with Crippen molar-refractivity contribution in [3.63, 3.8) is 0 Å². The molecule has 0 heterocycles. The molecule has 0 bridgehead atoms. The molecule has 1 atom stereocenters. The molecule has 4 nitrogen and oxygen atoms in total. The van der Waals surface area contributed by atoms with Crippen LogP contribution >= 0.6 is 0 Å². The maximum absolute atomic E-state index is 11.3. The number of aliphatic hydroxyl groups is 1. The molecule has 0 radical (unpaired) electrons. The van der Waals surface area contributed by atoms with Crippen molar-refractivity contribution >= 4 is 5.91 Å². The lowest BCUT2D eigenvalue weighted by Crippen LogP contribution is -2.43. The van der Waals surface area contributed by atoms with Gasteiger partial charge in [-0.3, -0.25) is 4.79 Å². The second kappa shape index (κ2) is 5.19. The van der Waals surface area contributed by atoms with Gasteiger partial charge in [-0.2, -0.15) is 0 Å². The third-order valence-electron chi connectivity index (χ3n) is 1.85. The molecule has 0 aliphatic carbocycles. The third kappa shape index (κ3) is 4.85. The van der Waals surface area contributed by atoms with Crippen LogP contribution in [0, 0.1) is 5.41 Å². The summed E-state index contributed by atoms with van der Waals surface area (Å²) in [5, 5.41) is 14.6. The number of hydrogen-bond acceptors (Lipinski definition) is 3. The quantitative estimate of drug-likeness (QED) is 0.556. The Morgan fingerprint density at radius 2 is 2.08 bits per heavy atom.